The van der Waals surface area contributed by atoms with Gasteiger partial charge in [-0.15, -0.1) is 0 Å². The predicted octanol–water partition coefficient (Wildman–Crippen LogP) is 0.674. The molecule has 3 heteroatoms. The Hall–Kier alpha value is -0.570. The number of nitrogens with one attached hydrogen (secondary N) is 1. The van der Waals surface area contributed by atoms with Crippen molar-refractivity contribution in [3.8, 4) is 0 Å². The molecule has 0 aromatic rings. The minimum Gasteiger partial charge on any atom is -0.396 e. The molecule has 1 aliphatic rings. The molecule has 2 unspecified atom stereocenters. The predicted molar refractivity (Wildman–Crippen MR) is 46.6 cm³/mol. The van der Waals surface area contributed by atoms with Crippen LogP contribution in [0.4, 0.5) is 0 Å². The minimum absolute atomic E-state index is 0.0461. The third kappa shape index (κ3) is 2.48. The largest absolute Gasteiger partial charge is 0.396 e. The van der Waals surface area contributed by atoms with Crippen molar-refractivity contribution >= 4 is 5.91 Å². The molecular formula is C9H17NO2. The monoisotopic (exact) mass is 171 g/mol. The molecule has 0 aromatic carbocycles. The lowest BCUT2D eigenvalue weighted by Gasteiger charge is -2.18. The van der Waals surface area contributed by atoms with Gasteiger partial charge in [0.25, 0.3) is 0 Å². The van der Waals surface area contributed by atoms with E-state index >= 15 is 0 Å². The lowest BCUT2D eigenvalue weighted by Crippen LogP contribution is -2.36. The minimum atomic E-state index is 0.0461. The Morgan fingerprint density at radius 1 is 1.58 bits per heavy atom. The van der Waals surface area contributed by atoms with Gasteiger partial charge in [-0.25, -0.2) is 0 Å². The van der Waals surface area contributed by atoms with E-state index in [0.29, 0.717) is 12.0 Å². The van der Waals surface area contributed by atoms with Gasteiger partial charge in [-0.1, -0.05) is 6.42 Å². The molecule has 0 spiro atoms. The molecule has 2 N–H and O–H groups in total. The van der Waals surface area contributed by atoms with Gasteiger partial charge in [0.1, 0.15) is 0 Å². The number of carbonyl (C=O) groups is 1. The van der Waals surface area contributed by atoms with Crippen molar-refractivity contribution in [2.45, 2.75) is 38.6 Å². The van der Waals surface area contributed by atoms with Crippen LogP contribution in [0.5, 0.6) is 0 Å². The summed E-state index contributed by atoms with van der Waals surface area (Å²) in [6, 6.07) is 0.314. The number of carbonyl (C=O) groups excluding carboxylic acids is 1. The smallest absolute Gasteiger partial charge is 0.217 e. The van der Waals surface area contributed by atoms with E-state index in [0.717, 1.165) is 19.3 Å². The van der Waals surface area contributed by atoms with Crippen LogP contribution in [-0.4, -0.2) is 23.7 Å². The van der Waals surface area contributed by atoms with E-state index in [9.17, 15) is 4.79 Å². The Morgan fingerprint density at radius 3 is 2.92 bits per heavy atom. The molecule has 3 nitrogen and oxygen atoms in total. The molecule has 12 heavy (non-hydrogen) atoms. The summed E-state index contributed by atoms with van der Waals surface area (Å²) in [6.45, 7) is 1.79. The molecule has 1 amide bonds. The number of aliphatic hydroxyl groups excluding tert-OH is 1. The fourth-order valence-corrected chi connectivity index (χ4v) is 2.00. The van der Waals surface area contributed by atoms with E-state index in [1.807, 2.05) is 0 Å². The number of hydrogen-bond acceptors (Lipinski definition) is 2. The van der Waals surface area contributed by atoms with E-state index in [2.05, 4.69) is 5.32 Å². The lowest BCUT2D eigenvalue weighted by atomic mass is 10.0. The Bertz CT molecular complexity index is 159. The van der Waals surface area contributed by atoms with E-state index in [-0.39, 0.29) is 12.5 Å². The highest BCUT2D eigenvalue weighted by Gasteiger charge is 2.26. The normalized spacial score (nSPS) is 28.8. The zero-order chi connectivity index (χ0) is 8.97. The highest BCUT2D eigenvalue weighted by atomic mass is 16.3. The first-order chi connectivity index (χ1) is 5.74. The average Bonchev–Trinajstić information content (AvgIpc) is 2.37. The molecule has 0 saturated heterocycles. The van der Waals surface area contributed by atoms with E-state index in [1.165, 1.54) is 6.42 Å². The van der Waals surface area contributed by atoms with Gasteiger partial charge in [0, 0.05) is 19.6 Å². The van der Waals surface area contributed by atoms with Crippen molar-refractivity contribution in [2.75, 3.05) is 6.61 Å². The number of hydrogen-bond donors (Lipinski definition) is 2. The van der Waals surface area contributed by atoms with Gasteiger partial charge in [0.05, 0.1) is 0 Å². The molecule has 0 aromatic heterocycles. The van der Waals surface area contributed by atoms with Crippen molar-refractivity contribution in [1.29, 1.82) is 0 Å². The van der Waals surface area contributed by atoms with Gasteiger partial charge in [0.15, 0.2) is 0 Å². The van der Waals surface area contributed by atoms with Crippen molar-refractivity contribution in [3.63, 3.8) is 0 Å². The second-order valence-electron chi connectivity index (χ2n) is 3.51. The van der Waals surface area contributed by atoms with Gasteiger partial charge in [-0.3, -0.25) is 4.79 Å². The van der Waals surface area contributed by atoms with Crippen LogP contribution in [0.3, 0.4) is 0 Å². The maximum absolute atomic E-state index is 10.8. The van der Waals surface area contributed by atoms with Crippen LogP contribution in [-0.2, 0) is 4.79 Å². The summed E-state index contributed by atoms with van der Waals surface area (Å²) in [5.74, 6) is 0.545. The molecule has 1 saturated carbocycles. The van der Waals surface area contributed by atoms with Crippen molar-refractivity contribution in [1.82, 2.24) is 5.32 Å². The molecule has 1 rings (SSSR count). The lowest BCUT2D eigenvalue weighted by molar-refractivity contribution is -0.119. The van der Waals surface area contributed by atoms with Gasteiger partial charge >= 0.3 is 0 Å². The van der Waals surface area contributed by atoms with Gasteiger partial charge in [0.2, 0.25) is 5.91 Å². The Morgan fingerprint density at radius 2 is 2.33 bits per heavy atom. The molecule has 2 atom stereocenters. The fourth-order valence-electron chi connectivity index (χ4n) is 2.00. The second-order valence-corrected chi connectivity index (χ2v) is 3.51. The molecule has 0 bridgehead atoms. The van der Waals surface area contributed by atoms with Crippen LogP contribution in [0, 0.1) is 5.92 Å². The Kier molecular flexibility index (Phi) is 3.53. The highest BCUT2D eigenvalue weighted by molar-refractivity contribution is 5.73. The summed E-state index contributed by atoms with van der Waals surface area (Å²) in [6.07, 6.45) is 4.22. The summed E-state index contributed by atoms with van der Waals surface area (Å²) >= 11 is 0. The maximum Gasteiger partial charge on any atom is 0.217 e. The van der Waals surface area contributed by atoms with Crippen molar-refractivity contribution < 1.29 is 9.90 Å². The van der Waals surface area contributed by atoms with Crippen molar-refractivity contribution in [2.24, 2.45) is 5.92 Å². The molecular weight excluding hydrogens is 154 g/mol. The van der Waals surface area contributed by atoms with E-state index in [4.69, 9.17) is 5.11 Å². The van der Waals surface area contributed by atoms with Gasteiger partial charge < -0.3 is 10.4 Å². The van der Waals surface area contributed by atoms with E-state index < -0.39 is 0 Å². The molecule has 1 aliphatic carbocycles. The first-order valence-corrected chi connectivity index (χ1v) is 4.62. The topological polar surface area (TPSA) is 49.3 Å². The molecule has 1 fully saturated rings. The summed E-state index contributed by atoms with van der Waals surface area (Å²) in [7, 11) is 0. The molecule has 0 radical (unpaired) electrons. The summed E-state index contributed by atoms with van der Waals surface area (Å²) in [5, 5.41) is 11.7. The zero-order valence-corrected chi connectivity index (χ0v) is 7.55. The van der Waals surface area contributed by atoms with Crippen LogP contribution in [0.1, 0.15) is 32.6 Å². The third-order valence-corrected chi connectivity index (χ3v) is 2.55. The maximum atomic E-state index is 10.8. The van der Waals surface area contributed by atoms with Crippen LogP contribution in [0.15, 0.2) is 0 Å². The van der Waals surface area contributed by atoms with Crippen molar-refractivity contribution in [3.05, 3.63) is 0 Å². The molecule has 0 heterocycles. The summed E-state index contributed by atoms with van der Waals surface area (Å²) in [5.41, 5.74) is 0. The van der Waals surface area contributed by atoms with Gasteiger partial charge in [-0.2, -0.15) is 0 Å². The Balaban J connectivity index is 2.35. The first-order valence-electron chi connectivity index (χ1n) is 4.62. The summed E-state index contributed by atoms with van der Waals surface area (Å²) < 4.78 is 0. The van der Waals surface area contributed by atoms with Crippen LogP contribution >= 0.6 is 0 Å². The van der Waals surface area contributed by atoms with E-state index in [1.54, 1.807) is 6.92 Å². The fraction of sp³-hybridized carbons (Fsp3) is 0.889. The summed E-state index contributed by atoms with van der Waals surface area (Å²) in [4.78, 5) is 10.8. The molecule has 70 valence electrons. The molecule has 0 aliphatic heterocycles. The standard InChI is InChI=1S/C9H17NO2/c1-7(12)10-9-4-2-3-8(9)5-6-11/h8-9,11H,2-6H2,1H3,(H,10,12). The number of amides is 1. The van der Waals surface area contributed by atoms with Crippen LogP contribution in [0.25, 0.3) is 0 Å². The first kappa shape index (κ1) is 9.52. The zero-order valence-electron chi connectivity index (χ0n) is 7.55. The SMILES string of the molecule is CC(=O)NC1CCCC1CCO. The highest BCUT2D eigenvalue weighted by Crippen LogP contribution is 2.27. The second kappa shape index (κ2) is 4.45. The van der Waals surface area contributed by atoms with Crippen LogP contribution < -0.4 is 5.32 Å². The third-order valence-electron chi connectivity index (χ3n) is 2.55. The average molecular weight is 171 g/mol. The number of rotatable bonds is 3. The van der Waals surface area contributed by atoms with Crippen LogP contribution in [0.2, 0.25) is 0 Å². The quantitative estimate of drug-likeness (QED) is 0.656. The number of aliphatic hydroxyl groups is 1. The Labute approximate surface area is 73.2 Å². The van der Waals surface area contributed by atoms with Gasteiger partial charge in [-0.05, 0) is 25.2 Å².